The number of nitrogens with two attached hydrogens (primary N) is 1. The summed E-state index contributed by atoms with van der Waals surface area (Å²) >= 11 is 0. The molecule has 0 saturated heterocycles. The molecule has 2 amide bonds. The molecule has 5 heteroatoms. The van der Waals surface area contributed by atoms with E-state index < -0.39 is 11.8 Å². The maximum absolute atomic E-state index is 13.1. The first-order valence-corrected chi connectivity index (χ1v) is 9.96. The second-order valence-corrected chi connectivity index (χ2v) is 7.28. The van der Waals surface area contributed by atoms with Crippen LogP contribution in [-0.4, -0.2) is 18.4 Å². The SMILES string of the molecule is NC(=O)C(CNC(=O)c1ccccc1CCc1ccccc1)Cc1ccc(F)cc1. The number of halogens is 1. The third-order valence-electron chi connectivity index (χ3n) is 5.09. The third kappa shape index (κ3) is 6.01. The molecule has 3 aromatic rings. The average Bonchev–Trinajstić information content (AvgIpc) is 2.77. The van der Waals surface area contributed by atoms with Crippen molar-refractivity contribution in [3.63, 3.8) is 0 Å². The van der Waals surface area contributed by atoms with Crippen LogP contribution in [0.1, 0.15) is 27.0 Å². The number of nitrogens with one attached hydrogen (secondary N) is 1. The lowest BCUT2D eigenvalue weighted by molar-refractivity contribution is -0.121. The minimum Gasteiger partial charge on any atom is -0.369 e. The van der Waals surface area contributed by atoms with Crippen molar-refractivity contribution in [1.29, 1.82) is 0 Å². The van der Waals surface area contributed by atoms with Crippen LogP contribution >= 0.6 is 0 Å². The van der Waals surface area contributed by atoms with E-state index in [9.17, 15) is 14.0 Å². The third-order valence-corrected chi connectivity index (χ3v) is 5.09. The molecule has 3 rings (SSSR count). The van der Waals surface area contributed by atoms with Crippen molar-refractivity contribution >= 4 is 11.8 Å². The van der Waals surface area contributed by atoms with Gasteiger partial charge in [0, 0.05) is 12.1 Å². The van der Waals surface area contributed by atoms with Crippen molar-refractivity contribution in [3.8, 4) is 0 Å². The summed E-state index contributed by atoms with van der Waals surface area (Å²) in [5.41, 5.74) is 9.06. The Balaban J connectivity index is 1.63. The molecular formula is C25H25FN2O2. The molecule has 0 bridgehead atoms. The van der Waals surface area contributed by atoms with E-state index in [-0.39, 0.29) is 18.3 Å². The molecule has 0 aliphatic heterocycles. The monoisotopic (exact) mass is 404 g/mol. The zero-order valence-corrected chi connectivity index (χ0v) is 16.7. The standard InChI is InChI=1S/C25H25FN2O2/c26-22-14-11-19(12-15-22)16-21(24(27)29)17-28-25(30)23-9-5-4-8-20(23)13-10-18-6-2-1-3-7-18/h1-9,11-12,14-15,21H,10,13,16-17H2,(H2,27,29)(H,28,30). The van der Waals surface area contributed by atoms with Crippen LogP contribution in [-0.2, 0) is 24.1 Å². The van der Waals surface area contributed by atoms with Gasteiger partial charge < -0.3 is 11.1 Å². The summed E-state index contributed by atoms with van der Waals surface area (Å²) in [6.45, 7) is 0.124. The molecule has 0 saturated carbocycles. The van der Waals surface area contributed by atoms with Gasteiger partial charge in [0.15, 0.2) is 0 Å². The number of hydrogen-bond acceptors (Lipinski definition) is 2. The minimum absolute atomic E-state index is 0.124. The summed E-state index contributed by atoms with van der Waals surface area (Å²) in [6, 6.07) is 23.5. The number of aryl methyl sites for hydroxylation is 2. The van der Waals surface area contributed by atoms with E-state index in [0.717, 1.165) is 24.0 Å². The van der Waals surface area contributed by atoms with Crippen molar-refractivity contribution in [2.45, 2.75) is 19.3 Å². The van der Waals surface area contributed by atoms with E-state index >= 15 is 0 Å². The van der Waals surface area contributed by atoms with Crippen molar-refractivity contribution in [2.75, 3.05) is 6.54 Å². The van der Waals surface area contributed by atoms with Crippen LogP contribution in [0.4, 0.5) is 4.39 Å². The summed E-state index contributed by atoms with van der Waals surface area (Å²) in [7, 11) is 0. The number of hydrogen-bond donors (Lipinski definition) is 2. The first-order chi connectivity index (χ1) is 14.5. The van der Waals surface area contributed by atoms with Crippen LogP contribution in [0.25, 0.3) is 0 Å². The van der Waals surface area contributed by atoms with Gasteiger partial charge in [-0.05, 0) is 54.2 Å². The fourth-order valence-electron chi connectivity index (χ4n) is 3.37. The fraction of sp³-hybridized carbons (Fsp3) is 0.200. The number of carbonyl (C=O) groups excluding carboxylic acids is 2. The Morgan fingerprint density at radius 2 is 1.50 bits per heavy atom. The zero-order chi connectivity index (χ0) is 21.3. The van der Waals surface area contributed by atoms with E-state index in [4.69, 9.17) is 5.73 Å². The molecule has 3 N–H and O–H groups in total. The van der Waals surface area contributed by atoms with Crippen LogP contribution in [0.3, 0.4) is 0 Å². The average molecular weight is 404 g/mol. The smallest absolute Gasteiger partial charge is 0.251 e. The summed E-state index contributed by atoms with van der Waals surface area (Å²) in [4.78, 5) is 24.6. The van der Waals surface area contributed by atoms with Gasteiger partial charge in [-0.15, -0.1) is 0 Å². The van der Waals surface area contributed by atoms with E-state index in [2.05, 4.69) is 17.4 Å². The number of benzene rings is 3. The highest BCUT2D eigenvalue weighted by atomic mass is 19.1. The first-order valence-electron chi connectivity index (χ1n) is 9.96. The molecular weight excluding hydrogens is 379 g/mol. The molecule has 0 aliphatic rings. The van der Waals surface area contributed by atoms with Crippen LogP contribution in [0, 0.1) is 11.7 Å². The number of primary amides is 1. The normalized spacial score (nSPS) is 11.6. The second-order valence-electron chi connectivity index (χ2n) is 7.28. The van der Waals surface area contributed by atoms with Crippen molar-refractivity contribution in [2.24, 2.45) is 11.7 Å². The summed E-state index contributed by atoms with van der Waals surface area (Å²) < 4.78 is 13.1. The van der Waals surface area contributed by atoms with Gasteiger partial charge in [-0.2, -0.15) is 0 Å². The van der Waals surface area contributed by atoms with Crippen LogP contribution < -0.4 is 11.1 Å². The van der Waals surface area contributed by atoms with Crippen molar-refractivity contribution in [1.82, 2.24) is 5.32 Å². The van der Waals surface area contributed by atoms with E-state index in [1.165, 1.54) is 17.7 Å². The van der Waals surface area contributed by atoms with Gasteiger partial charge in [0.25, 0.3) is 5.91 Å². The molecule has 3 aromatic carbocycles. The molecule has 0 heterocycles. The van der Waals surface area contributed by atoms with Gasteiger partial charge in [-0.3, -0.25) is 9.59 Å². The molecule has 0 radical (unpaired) electrons. The molecule has 1 atom stereocenters. The first kappa shape index (κ1) is 21.2. The van der Waals surface area contributed by atoms with Gasteiger partial charge in [-0.25, -0.2) is 4.39 Å². The lowest BCUT2D eigenvalue weighted by atomic mass is 9.97. The lowest BCUT2D eigenvalue weighted by Gasteiger charge is -2.16. The van der Waals surface area contributed by atoms with E-state index in [1.54, 1.807) is 18.2 Å². The number of rotatable bonds is 9. The Morgan fingerprint density at radius 3 is 2.20 bits per heavy atom. The van der Waals surface area contributed by atoms with Crippen LogP contribution in [0.5, 0.6) is 0 Å². The Morgan fingerprint density at radius 1 is 0.833 bits per heavy atom. The Bertz CT molecular complexity index is 988. The Labute approximate surface area is 175 Å². The molecule has 0 aliphatic carbocycles. The number of amides is 2. The lowest BCUT2D eigenvalue weighted by Crippen LogP contribution is -2.37. The van der Waals surface area contributed by atoms with Gasteiger partial charge in [0.05, 0.1) is 5.92 Å². The molecule has 0 spiro atoms. The van der Waals surface area contributed by atoms with Crippen molar-refractivity contribution < 1.29 is 14.0 Å². The van der Waals surface area contributed by atoms with Gasteiger partial charge in [-0.1, -0.05) is 60.7 Å². The highest BCUT2D eigenvalue weighted by Gasteiger charge is 2.19. The Hall–Kier alpha value is -3.47. The van der Waals surface area contributed by atoms with E-state index in [0.29, 0.717) is 12.0 Å². The molecule has 154 valence electrons. The predicted octanol–water partition coefficient (Wildman–Crippen LogP) is 3.68. The highest BCUT2D eigenvalue weighted by molar-refractivity contribution is 5.96. The minimum atomic E-state index is -0.573. The molecule has 1 unspecified atom stereocenters. The number of carbonyl (C=O) groups is 2. The van der Waals surface area contributed by atoms with Crippen molar-refractivity contribution in [3.05, 3.63) is 107 Å². The molecule has 0 aromatic heterocycles. The molecule has 0 fully saturated rings. The second kappa shape index (κ2) is 10.3. The predicted molar refractivity (Wildman–Crippen MR) is 115 cm³/mol. The Kier molecular flexibility index (Phi) is 7.33. The van der Waals surface area contributed by atoms with Crippen LogP contribution in [0.2, 0.25) is 0 Å². The fourth-order valence-corrected chi connectivity index (χ4v) is 3.37. The quantitative estimate of drug-likeness (QED) is 0.571. The highest BCUT2D eigenvalue weighted by Crippen LogP contribution is 2.14. The zero-order valence-electron chi connectivity index (χ0n) is 16.7. The van der Waals surface area contributed by atoms with Gasteiger partial charge in [0.2, 0.25) is 5.91 Å². The topological polar surface area (TPSA) is 72.2 Å². The maximum atomic E-state index is 13.1. The van der Waals surface area contributed by atoms with Crippen LogP contribution in [0.15, 0.2) is 78.9 Å². The molecule has 4 nitrogen and oxygen atoms in total. The summed E-state index contributed by atoms with van der Waals surface area (Å²) in [6.07, 6.45) is 1.91. The molecule has 30 heavy (non-hydrogen) atoms. The van der Waals surface area contributed by atoms with E-state index in [1.807, 2.05) is 36.4 Å². The summed E-state index contributed by atoms with van der Waals surface area (Å²) in [5.74, 6) is -1.65. The summed E-state index contributed by atoms with van der Waals surface area (Å²) in [5, 5.41) is 2.84. The van der Waals surface area contributed by atoms with Gasteiger partial charge >= 0.3 is 0 Å². The van der Waals surface area contributed by atoms with Gasteiger partial charge in [0.1, 0.15) is 5.82 Å². The largest absolute Gasteiger partial charge is 0.369 e. The maximum Gasteiger partial charge on any atom is 0.251 e.